The topological polar surface area (TPSA) is 32.3 Å². The smallest absolute Gasteiger partial charge is 0.223 e. The molecule has 4 rings (SSSR count). The van der Waals surface area contributed by atoms with Gasteiger partial charge in [0.25, 0.3) is 0 Å². The molecule has 2 bridgehead atoms. The first-order valence-electron chi connectivity index (χ1n) is 8.31. The Labute approximate surface area is 116 Å². The van der Waals surface area contributed by atoms with Gasteiger partial charge in [-0.3, -0.25) is 4.79 Å². The van der Waals surface area contributed by atoms with Crippen molar-refractivity contribution in [1.29, 1.82) is 0 Å². The van der Waals surface area contributed by atoms with E-state index in [2.05, 4.69) is 10.2 Å². The molecule has 0 spiro atoms. The molecule has 19 heavy (non-hydrogen) atoms. The molecule has 3 nitrogen and oxygen atoms in total. The third-order valence-corrected chi connectivity index (χ3v) is 6.02. The third-order valence-electron chi connectivity index (χ3n) is 6.02. The van der Waals surface area contributed by atoms with E-state index in [0.717, 1.165) is 24.4 Å². The Balaban J connectivity index is 1.23. The fraction of sp³-hybridized carbons (Fsp3) is 0.938. The Hall–Kier alpha value is -0.570. The van der Waals surface area contributed by atoms with Crippen LogP contribution in [0.3, 0.4) is 0 Å². The molecule has 4 aliphatic rings. The number of rotatable bonds is 4. The Kier molecular flexibility index (Phi) is 3.06. The lowest BCUT2D eigenvalue weighted by Crippen LogP contribution is -2.37. The van der Waals surface area contributed by atoms with Crippen LogP contribution in [0.25, 0.3) is 0 Å². The molecular formula is C16H26N2O. The highest BCUT2D eigenvalue weighted by Gasteiger charge is 2.43. The summed E-state index contributed by atoms with van der Waals surface area (Å²) in [5.74, 6) is 3.04. The van der Waals surface area contributed by atoms with E-state index in [-0.39, 0.29) is 0 Å². The van der Waals surface area contributed by atoms with Crippen LogP contribution in [-0.4, -0.2) is 36.5 Å². The van der Waals surface area contributed by atoms with E-state index in [4.69, 9.17) is 0 Å². The summed E-state index contributed by atoms with van der Waals surface area (Å²) in [6, 6.07) is 0.895. The molecule has 1 aliphatic heterocycles. The average Bonchev–Trinajstić information content (AvgIpc) is 2.89. The molecule has 1 N–H and O–H groups in total. The largest absolute Gasteiger partial charge is 0.356 e. The second-order valence-corrected chi connectivity index (χ2v) is 7.41. The van der Waals surface area contributed by atoms with Crippen molar-refractivity contribution in [3.05, 3.63) is 0 Å². The number of nitrogens with zero attached hydrogens (tertiary/aromatic N) is 1. The lowest BCUT2D eigenvalue weighted by atomic mass is 9.88. The molecule has 106 valence electrons. The number of amides is 1. The fourth-order valence-corrected chi connectivity index (χ4v) is 4.74. The number of nitrogens with one attached hydrogen (secondary N) is 1. The summed E-state index contributed by atoms with van der Waals surface area (Å²) in [7, 11) is 0. The Morgan fingerprint density at radius 1 is 1.11 bits per heavy atom. The Bertz CT molecular complexity index is 366. The Morgan fingerprint density at radius 2 is 2.00 bits per heavy atom. The minimum absolute atomic E-state index is 0.361. The van der Waals surface area contributed by atoms with Crippen molar-refractivity contribution in [2.24, 2.45) is 23.7 Å². The average molecular weight is 262 g/mol. The van der Waals surface area contributed by atoms with Crippen LogP contribution < -0.4 is 5.32 Å². The van der Waals surface area contributed by atoms with Gasteiger partial charge in [-0.15, -0.1) is 0 Å². The monoisotopic (exact) mass is 262 g/mol. The molecule has 3 heteroatoms. The maximum atomic E-state index is 12.3. The molecule has 0 aromatic carbocycles. The second-order valence-electron chi connectivity index (χ2n) is 7.41. The second kappa shape index (κ2) is 4.76. The standard InChI is InChI=1S/C16H26N2O/c19-16(15-8-11-1-2-13(15)7-11)17-9-12-5-6-18(10-12)14-3-4-14/h11-15H,1-10H2,(H,17,19)/t11-,12-,13-,15+/m0/s1. The van der Waals surface area contributed by atoms with Crippen molar-refractivity contribution < 1.29 is 4.79 Å². The summed E-state index contributed by atoms with van der Waals surface area (Å²) in [5, 5.41) is 3.27. The molecular weight excluding hydrogens is 236 g/mol. The maximum absolute atomic E-state index is 12.3. The van der Waals surface area contributed by atoms with Gasteiger partial charge in [-0.2, -0.15) is 0 Å². The van der Waals surface area contributed by atoms with E-state index >= 15 is 0 Å². The van der Waals surface area contributed by atoms with Gasteiger partial charge in [0, 0.05) is 25.0 Å². The predicted octanol–water partition coefficient (Wildman–Crippen LogP) is 2.02. The van der Waals surface area contributed by atoms with Crippen molar-refractivity contribution in [2.75, 3.05) is 19.6 Å². The quantitative estimate of drug-likeness (QED) is 0.840. The normalized spacial score (nSPS) is 41.9. The van der Waals surface area contributed by atoms with Gasteiger partial charge in [0.2, 0.25) is 5.91 Å². The Morgan fingerprint density at radius 3 is 2.68 bits per heavy atom. The molecule has 3 saturated carbocycles. The molecule has 0 unspecified atom stereocenters. The highest BCUT2D eigenvalue weighted by molar-refractivity contribution is 5.79. The summed E-state index contributed by atoms with van der Waals surface area (Å²) in [5.41, 5.74) is 0. The SMILES string of the molecule is O=C(NC[C@@H]1CCN(C2CC2)C1)[C@@H]1C[C@H]2CC[C@H]1C2. The molecule has 1 heterocycles. The summed E-state index contributed by atoms with van der Waals surface area (Å²) < 4.78 is 0. The highest BCUT2D eigenvalue weighted by atomic mass is 16.1. The van der Waals surface area contributed by atoms with Gasteiger partial charge in [0.15, 0.2) is 0 Å². The summed E-state index contributed by atoms with van der Waals surface area (Å²) >= 11 is 0. The van der Waals surface area contributed by atoms with Crippen molar-refractivity contribution in [3.63, 3.8) is 0 Å². The van der Waals surface area contributed by atoms with Gasteiger partial charge in [-0.25, -0.2) is 0 Å². The van der Waals surface area contributed by atoms with Crippen LogP contribution in [0.5, 0.6) is 0 Å². The first-order valence-corrected chi connectivity index (χ1v) is 8.31. The molecule has 0 aromatic rings. The van der Waals surface area contributed by atoms with Crippen LogP contribution in [0, 0.1) is 23.7 Å². The van der Waals surface area contributed by atoms with Crippen LogP contribution in [0.2, 0.25) is 0 Å². The highest BCUT2D eigenvalue weighted by Crippen LogP contribution is 2.48. The van der Waals surface area contributed by atoms with Crippen molar-refractivity contribution in [3.8, 4) is 0 Å². The minimum atomic E-state index is 0.361. The minimum Gasteiger partial charge on any atom is -0.356 e. The van der Waals surface area contributed by atoms with Crippen LogP contribution in [0.15, 0.2) is 0 Å². The van der Waals surface area contributed by atoms with E-state index < -0.39 is 0 Å². The molecule has 1 saturated heterocycles. The molecule has 0 radical (unpaired) electrons. The lowest BCUT2D eigenvalue weighted by Gasteiger charge is -2.22. The summed E-state index contributed by atoms with van der Waals surface area (Å²) in [6.45, 7) is 3.41. The van der Waals surface area contributed by atoms with Crippen molar-refractivity contribution in [2.45, 2.75) is 51.0 Å². The van der Waals surface area contributed by atoms with Gasteiger partial charge in [0.1, 0.15) is 0 Å². The van der Waals surface area contributed by atoms with E-state index in [9.17, 15) is 4.79 Å². The number of likely N-dealkylation sites (tertiary alicyclic amines) is 1. The summed E-state index contributed by atoms with van der Waals surface area (Å²) in [4.78, 5) is 14.9. The summed E-state index contributed by atoms with van der Waals surface area (Å²) in [6.07, 6.45) is 9.29. The van der Waals surface area contributed by atoms with Crippen LogP contribution in [-0.2, 0) is 4.79 Å². The van der Waals surface area contributed by atoms with Crippen molar-refractivity contribution in [1.82, 2.24) is 10.2 Å². The van der Waals surface area contributed by atoms with E-state index in [1.165, 1.54) is 58.0 Å². The van der Waals surface area contributed by atoms with Crippen LogP contribution >= 0.6 is 0 Å². The van der Waals surface area contributed by atoms with Gasteiger partial charge >= 0.3 is 0 Å². The number of carbonyl (C=O) groups is 1. The van der Waals surface area contributed by atoms with E-state index in [1.54, 1.807) is 0 Å². The van der Waals surface area contributed by atoms with Crippen LogP contribution in [0.4, 0.5) is 0 Å². The molecule has 4 fully saturated rings. The number of fused-ring (bicyclic) bond motifs is 2. The van der Waals surface area contributed by atoms with E-state index in [0.29, 0.717) is 17.7 Å². The van der Waals surface area contributed by atoms with Gasteiger partial charge in [-0.1, -0.05) is 6.42 Å². The molecule has 1 amide bonds. The first-order chi connectivity index (χ1) is 9.29. The fourth-order valence-electron chi connectivity index (χ4n) is 4.74. The predicted molar refractivity (Wildman–Crippen MR) is 74.6 cm³/mol. The van der Waals surface area contributed by atoms with Crippen LogP contribution in [0.1, 0.15) is 44.9 Å². The maximum Gasteiger partial charge on any atom is 0.223 e. The third kappa shape index (κ3) is 2.42. The number of carbonyl (C=O) groups excluding carboxylic acids is 1. The zero-order valence-corrected chi connectivity index (χ0v) is 11.8. The number of hydrogen-bond acceptors (Lipinski definition) is 2. The molecule has 0 aromatic heterocycles. The number of hydrogen-bond donors (Lipinski definition) is 1. The van der Waals surface area contributed by atoms with Gasteiger partial charge in [0.05, 0.1) is 0 Å². The van der Waals surface area contributed by atoms with Gasteiger partial charge in [-0.05, 0) is 62.8 Å². The lowest BCUT2D eigenvalue weighted by molar-refractivity contribution is -0.126. The molecule has 4 atom stereocenters. The zero-order chi connectivity index (χ0) is 12.8. The van der Waals surface area contributed by atoms with E-state index in [1.807, 2.05) is 0 Å². The van der Waals surface area contributed by atoms with Crippen molar-refractivity contribution >= 4 is 5.91 Å². The molecule has 3 aliphatic carbocycles. The van der Waals surface area contributed by atoms with Gasteiger partial charge < -0.3 is 10.2 Å². The first kappa shape index (κ1) is 12.2. The zero-order valence-electron chi connectivity index (χ0n) is 11.8.